The summed E-state index contributed by atoms with van der Waals surface area (Å²) in [6, 6.07) is 125. The molecule has 0 fully saturated rings. The zero-order chi connectivity index (χ0) is 76.8. The number of fused-ring (bicyclic) bond motifs is 10. The molecule has 10 heterocycles. The molecule has 0 saturated heterocycles. The predicted molar refractivity (Wildman–Crippen MR) is 472 cm³/mol. The maximum atomic E-state index is 5.15. The normalized spacial score (nSPS) is 11.4. The van der Waals surface area contributed by atoms with Gasteiger partial charge in [0, 0.05) is 101 Å². The van der Waals surface area contributed by atoms with Crippen molar-refractivity contribution in [3.05, 3.63) is 389 Å². The highest BCUT2D eigenvalue weighted by molar-refractivity contribution is 6.11. The Kier molecular flexibility index (Phi) is 17.3. The van der Waals surface area contributed by atoms with E-state index in [-0.39, 0.29) is 0 Å². The molecule has 22 rings (SSSR count). The molecule has 12 nitrogen and oxygen atoms in total. The first kappa shape index (κ1) is 68.1. The number of rotatable bonds is 12. The highest BCUT2D eigenvalue weighted by Gasteiger charge is 2.19. The molecule has 0 unspecified atom stereocenters. The molecule has 0 spiro atoms. The molecule has 0 amide bonds. The topological polar surface area (TPSA) is 155 Å². The van der Waals surface area contributed by atoms with Crippen LogP contribution in [0.5, 0.6) is 0 Å². The smallest absolute Gasteiger partial charge is 0.160 e. The van der Waals surface area contributed by atoms with Gasteiger partial charge in [0.15, 0.2) is 11.6 Å². The molecule has 0 N–H and O–H groups in total. The van der Waals surface area contributed by atoms with Crippen molar-refractivity contribution in [2.75, 3.05) is 0 Å². The number of hydrogen-bond donors (Lipinski definition) is 0. The number of pyridine rings is 8. The number of hydrogen-bond acceptors (Lipinski definition) is 12. The third kappa shape index (κ3) is 13.3. The monoisotopic (exact) mass is 1480 g/mol. The molecule has 10 aromatic heterocycles. The van der Waals surface area contributed by atoms with Crippen LogP contribution in [0, 0.1) is 0 Å². The number of nitrogens with zero attached hydrogens (tertiary/aromatic N) is 12. The van der Waals surface area contributed by atoms with Crippen LogP contribution in [0.25, 0.3) is 222 Å². The first-order valence-electron chi connectivity index (χ1n) is 38.5. The zero-order valence-corrected chi connectivity index (χ0v) is 62.3. The minimum atomic E-state index is 0.669. The quantitative estimate of drug-likeness (QED) is 0.107. The molecule has 0 saturated carbocycles. The van der Waals surface area contributed by atoms with Crippen molar-refractivity contribution in [1.82, 2.24) is 59.8 Å². The molecular weight excluding hydrogens is 1420 g/mol. The SMILES string of the molecule is c1ccc(-c2cc(-c3ccc4ccc(-c5ccc6nc(-c7ccc(-c8cc9cccnc9c9ncccc89)cc7)ccc6c5)cc4n3)nc(-c3ccccc3)n2)cc1.c1ccc(-c2cc(-c3ccc4ccc(-c5ccc6nc(-c7ccc(-c8ccnc9c8ccc8cccnc89)cc7)ccc6c5)cc4n3)nc(-c3ccccc3)n2)cc1. The molecule has 540 valence electrons. The number of aromatic nitrogens is 12. The molecular formula is C104H64N12. The van der Waals surface area contributed by atoms with Crippen LogP contribution in [0.1, 0.15) is 0 Å². The summed E-state index contributed by atoms with van der Waals surface area (Å²) >= 11 is 0. The molecule has 12 aromatic carbocycles. The lowest BCUT2D eigenvalue weighted by atomic mass is 9.96. The Morgan fingerprint density at radius 2 is 0.500 bits per heavy atom. The van der Waals surface area contributed by atoms with Crippen molar-refractivity contribution in [2.24, 2.45) is 0 Å². The van der Waals surface area contributed by atoms with Crippen LogP contribution in [0.4, 0.5) is 0 Å². The Bertz CT molecular complexity index is 7420. The summed E-state index contributed by atoms with van der Waals surface area (Å²) < 4.78 is 0. The minimum Gasteiger partial charge on any atom is -0.254 e. The van der Waals surface area contributed by atoms with E-state index in [4.69, 9.17) is 39.9 Å². The van der Waals surface area contributed by atoms with Gasteiger partial charge in [0.25, 0.3) is 0 Å². The fourth-order valence-corrected chi connectivity index (χ4v) is 15.6. The van der Waals surface area contributed by atoms with Crippen LogP contribution in [0.15, 0.2) is 389 Å². The fraction of sp³-hybridized carbons (Fsp3) is 0. The summed E-state index contributed by atoms with van der Waals surface area (Å²) in [5, 5.41) is 8.61. The lowest BCUT2D eigenvalue weighted by Crippen LogP contribution is -1.97. The Balaban J connectivity index is 0.000000145. The minimum absolute atomic E-state index is 0.669. The Hall–Kier alpha value is -15.9. The summed E-state index contributed by atoms with van der Waals surface area (Å²) in [4.78, 5) is 59.0. The molecule has 0 aliphatic heterocycles. The van der Waals surface area contributed by atoms with Crippen molar-refractivity contribution in [3.63, 3.8) is 0 Å². The zero-order valence-electron chi connectivity index (χ0n) is 62.3. The van der Waals surface area contributed by atoms with Crippen molar-refractivity contribution in [1.29, 1.82) is 0 Å². The lowest BCUT2D eigenvalue weighted by molar-refractivity contribution is 1.17. The van der Waals surface area contributed by atoms with E-state index in [0.29, 0.717) is 11.6 Å². The second-order valence-corrected chi connectivity index (χ2v) is 28.8. The summed E-state index contributed by atoms with van der Waals surface area (Å²) in [6.45, 7) is 0. The van der Waals surface area contributed by atoms with Crippen LogP contribution in [-0.4, -0.2) is 59.8 Å². The van der Waals surface area contributed by atoms with E-state index in [9.17, 15) is 0 Å². The van der Waals surface area contributed by atoms with E-state index >= 15 is 0 Å². The largest absolute Gasteiger partial charge is 0.254 e. The summed E-state index contributed by atoms with van der Waals surface area (Å²) in [7, 11) is 0. The van der Waals surface area contributed by atoms with Gasteiger partial charge in [-0.15, -0.1) is 0 Å². The third-order valence-corrected chi connectivity index (χ3v) is 21.5. The van der Waals surface area contributed by atoms with E-state index in [1.165, 1.54) is 0 Å². The van der Waals surface area contributed by atoms with E-state index in [1.54, 1.807) is 0 Å². The van der Waals surface area contributed by atoms with Gasteiger partial charge in [0.1, 0.15) is 0 Å². The van der Waals surface area contributed by atoms with E-state index in [2.05, 4.69) is 244 Å². The van der Waals surface area contributed by atoms with Crippen LogP contribution in [0.3, 0.4) is 0 Å². The van der Waals surface area contributed by atoms with E-state index in [1.807, 2.05) is 164 Å². The van der Waals surface area contributed by atoms with Gasteiger partial charge in [-0.1, -0.05) is 261 Å². The molecule has 0 radical (unpaired) electrons. The fourth-order valence-electron chi connectivity index (χ4n) is 15.6. The Morgan fingerprint density at radius 3 is 1.02 bits per heavy atom. The molecule has 22 aromatic rings. The first-order chi connectivity index (χ1) is 57.4. The van der Waals surface area contributed by atoms with Crippen LogP contribution < -0.4 is 0 Å². The average molecular weight is 1480 g/mol. The second kappa shape index (κ2) is 29.4. The van der Waals surface area contributed by atoms with Crippen molar-refractivity contribution < 1.29 is 0 Å². The molecule has 0 bridgehead atoms. The highest BCUT2D eigenvalue weighted by Crippen LogP contribution is 2.39. The van der Waals surface area contributed by atoms with Crippen LogP contribution in [-0.2, 0) is 0 Å². The predicted octanol–water partition coefficient (Wildman–Crippen LogP) is 25.3. The van der Waals surface area contributed by atoms with Crippen LogP contribution in [0.2, 0.25) is 0 Å². The summed E-state index contributed by atoms with van der Waals surface area (Å²) in [5.41, 5.74) is 29.1. The summed E-state index contributed by atoms with van der Waals surface area (Å²) in [5.74, 6) is 1.34. The third-order valence-electron chi connectivity index (χ3n) is 21.5. The summed E-state index contributed by atoms with van der Waals surface area (Å²) in [6.07, 6.45) is 7.34. The van der Waals surface area contributed by atoms with Gasteiger partial charge in [-0.2, -0.15) is 0 Å². The Morgan fingerprint density at radius 1 is 0.147 bits per heavy atom. The average Bonchev–Trinajstić information content (AvgIpc) is 0.764. The van der Waals surface area contributed by atoms with Gasteiger partial charge in [-0.25, -0.2) is 39.9 Å². The molecule has 0 aliphatic carbocycles. The van der Waals surface area contributed by atoms with Gasteiger partial charge < -0.3 is 0 Å². The van der Waals surface area contributed by atoms with E-state index < -0.39 is 0 Å². The van der Waals surface area contributed by atoms with Crippen LogP contribution >= 0.6 is 0 Å². The second-order valence-electron chi connectivity index (χ2n) is 28.8. The molecule has 12 heteroatoms. The van der Waals surface area contributed by atoms with Gasteiger partial charge >= 0.3 is 0 Å². The van der Waals surface area contributed by atoms with Gasteiger partial charge in [-0.3, -0.25) is 19.9 Å². The molecule has 116 heavy (non-hydrogen) atoms. The highest BCUT2D eigenvalue weighted by atomic mass is 14.9. The van der Waals surface area contributed by atoms with Gasteiger partial charge in [0.2, 0.25) is 0 Å². The number of benzene rings is 12. The van der Waals surface area contributed by atoms with Gasteiger partial charge in [-0.05, 0) is 148 Å². The first-order valence-corrected chi connectivity index (χ1v) is 38.5. The maximum absolute atomic E-state index is 5.15. The standard InChI is InChI=1S/2C52H32N6/c1-3-9-34(10-4-1)48-32-49(58-52(57-48)37-11-5-2-6-12-37)46-26-21-36-19-20-39(31-47(36)56-46)38-22-24-45-40(29-38)23-25-44(55-45)35-17-15-33(16-18-35)43-30-41-13-7-27-53-50(41)51-42(43)14-8-28-54-51;1-3-8-34(9-4-1)48-32-49(58-52(57-48)38-10-5-2-6-11-38)46-26-20-36-17-18-40(31-47(36)56-46)39-21-24-45-41(30-39)22-25-44(55-45)35-15-13-33(14-16-35)42-27-29-54-51-43(42)23-19-37-12-7-28-53-50(37)51/h2*1-32H. The van der Waals surface area contributed by atoms with Crippen molar-refractivity contribution >= 4 is 87.2 Å². The van der Waals surface area contributed by atoms with E-state index in [0.717, 1.165) is 211 Å². The van der Waals surface area contributed by atoms with Crippen molar-refractivity contribution in [2.45, 2.75) is 0 Å². The van der Waals surface area contributed by atoms with Crippen molar-refractivity contribution in [3.8, 4) is 135 Å². The van der Waals surface area contributed by atoms with Gasteiger partial charge in [0.05, 0.1) is 89.7 Å². The Labute approximate surface area is 666 Å². The maximum Gasteiger partial charge on any atom is 0.160 e. The molecule has 0 atom stereocenters. The molecule has 0 aliphatic rings. The lowest BCUT2D eigenvalue weighted by Gasteiger charge is -2.11.